The van der Waals surface area contributed by atoms with Crippen molar-refractivity contribution in [3.8, 4) is 0 Å². The minimum absolute atomic E-state index is 0.120. The maximum atomic E-state index is 12.7. The van der Waals surface area contributed by atoms with Gasteiger partial charge in [-0.3, -0.25) is 0 Å². The minimum Gasteiger partial charge on any atom is -0.478 e. The number of carbonyl (C=O) groups is 1. The second kappa shape index (κ2) is 9.60. The molecular weight excluding hydrogens is 475 g/mol. The van der Waals surface area contributed by atoms with E-state index < -0.39 is 11.5 Å². The Hall–Kier alpha value is -2.94. The molecule has 1 saturated carbocycles. The summed E-state index contributed by atoms with van der Waals surface area (Å²) in [6.45, 7) is 6.80. The molecule has 1 aliphatic carbocycles. The second-order valence-corrected chi connectivity index (χ2v) is 11.1. The van der Waals surface area contributed by atoms with Crippen LogP contribution in [0.2, 0.25) is 0 Å². The van der Waals surface area contributed by atoms with Crippen LogP contribution in [0.25, 0.3) is 17.1 Å². The van der Waals surface area contributed by atoms with E-state index in [1.165, 1.54) is 18.2 Å². The highest BCUT2D eigenvalue weighted by molar-refractivity contribution is 8.00. The third-order valence-electron chi connectivity index (χ3n) is 6.20. The highest BCUT2D eigenvalue weighted by Gasteiger charge is 2.34. The number of nitrogens with one attached hydrogen (secondary N) is 1. The van der Waals surface area contributed by atoms with E-state index in [4.69, 9.17) is 10.1 Å². The van der Waals surface area contributed by atoms with Crippen molar-refractivity contribution in [1.29, 1.82) is 0 Å². The zero-order valence-electron chi connectivity index (χ0n) is 19.8. The number of alkyl halides is 3. The number of benzene rings is 2. The molecule has 1 heterocycles. The van der Waals surface area contributed by atoms with E-state index in [2.05, 4.69) is 30.7 Å². The number of rotatable bonds is 6. The fraction of sp³-hybridized carbons (Fsp3) is 0.385. The lowest BCUT2D eigenvalue weighted by Crippen LogP contribution is -2.29. The van der Waals surface area contributed by atoms with E-state index in [9.17, 15) is 18.0 Å². The molecule has 2 N–H and O–H groups in total. The van der Waals surface area contributed by atoms with Gasteiger partial charge in [0.15, 0.2) is 0 Å². The number of halogens is 3. The lowest BCUT2D eigenvalue weighted by Gasteiger charge is -2.40. The van der Waals surface area contributed by atoms with Gasteiger partial charge in [0.05, 0.1) is 11.0 Å². The SMILES string of the molecule is C[C@H]1C[C@H](n2c(Nc3ccc(SC(F)(F)F)cc3)nc3cc(/C=C/C(=O)O)ccc32)CC(C)(C)C1. The average Bonchev–Trinajstić information content (AvgIpc) is 3.08. The maximum Gasteiger partial charge on any atom is 0.446 e. The van der Waals surface area contributed by atoms with Crippen LogP contribution in [0, 0.1) is 11.3 Å². The van der Waals surface area contributed by atoms with Crippen LogP contribution in [0.3, 0.4) is 0 Å². The van der Waals surface area contributed by atoms with E-state index in [1.54, 1.807) is 12.1 Å². The van der Waals surface area contributed by atoms with Crippen LogP contribution >= 0.6 is 11.8 Å². The van der Waals surface area contributed by atoms with Crippen LogP contribution in [-0.2, 0) is 4.79 Å². The molecular formula is C26H28F3N3O2S. The standard InChI is InChI=1S/C26H28F3N3O2S/c1-16-12-19(15-25(2,3)14-16)32-22-10-4-17(5-11-23(33)34)13-21(22)31-24(32)30-18-6-8-20(9-7-18)35-26(27,28)29/h4-11,13,16,19H,12,14-15H2,1-3H3,(H,30,31)(H,33,34)/b11-5+/t16-,19-/m0/s1. The molecule has 4 rings (SSSR count). The summed E-state index contributed by atoms with van der Waals surface area (Å²) >= 11 is -0.143. The summed E-state index contributed by atoms with van der Waals surface area (Å²) in [5.74, 6) is 0.125. The van der Waals surface area contributed by atoms with Gasteiger partial charge >= 0.3 is 11.5 Å². The summed E-state index contributed by atoms with van der Waals surface area (Å²) in [6, 6.07) is 12.0. The molecule has 3 aromatic rings. The molecule has 2 atom stereocenters. The van der Waals surface area contributed by atoms with Gasteiger partial charge in [0.1, 0.15) is 0 Å². The lowest BCUT2D eigenvalue weighted by molar-refractivity contribution is -0.131. The third-order valence-corrected chi connectivity index (χ3v) is 6.94. The number of thioether (sulfide) groups is 1. The molecule has 0 unspecified atom stereocenters. The zero-order chi connectivity index (χ0) is 25.4. The quantitative estimate of drug-likeness (QED) is 0.265. The zero-order valence-corrected chi connectivity index (χ0v) is 20.6. The molecule has 0 radical (unpaired) electrons. The molecule has 2 aromatic carbocycles. The van der Waals surface area contributed by atoms with Crippen LogP contribution in [0.5, 0.6) is 0 Å². The number of carboxylic acids is 1. The van der Waals surface area contributed by atoms with Gasteiger partial charge in [0.2, 0.25) is 5.95 Å². The Morgan fingerprint density at radius 1 is 1.20 bits per heavy atom. The summed E-state index contributed by atoms with van der Waals surface area (Å²) < 4.78 is 40.3. The first kappa shape index (κ1) is 25.2. The Balaban J connectivity index is 1.73. The van der Waals surface area contributed by atoms with Crippen LogP contribution in [0.15, 0.2) is 53.4 Å². The summed E-state index contributed by atoms with van der Waals surface area (Å²) in [5, 5.41) is 12.3. The molecule has 9 heteroatoms. The number of aromatic nitrogens is 2. The van der Waals surface area contributed by atoms with Crippen molar-refractivity contribution in [2.75, 3.05) is 5.32 Å². The first-order chi connectivity index (χ1) is 16.4. The molecule has 0 aliphatic heterocycles. The first-order valence-corrected chi connectivity index (χ1v) is 12.3. The predicted molar refractivity (Wildman–Crippen MR) is 134 cm³/mol. The topological polar surface area (TPSA) is 67.2 Å². The van der Waals surface area contributed by atoms with E-state index in [0.29, 0.717) is 17.6 Å². The van der Waals surface area contributed by atoms with Crippen molar-refractivity contribution in [2.24, 2.45) is 11.3 Å². The van der Waals surface area contributed by atoms with Gasteiger partial charge in [-0.1, -0.05) is 26.8 Å². The Bertz CT molecular complexity index is 1250. The second-order valence-electron chi connectivity index (χ2n) is 9.99. The van der Waals surface area contributed by atoms with Gasteiger partial charge in [0, 0.05) is 22.7 Å². The Morgan fingerprint density at radius 2 is 1.91 bits per heavy atom. The van der Waals surface area contributed by atoms with E-state index in [1.807, 2.05) is 18.2 Å². The van der Waals surface area contributed by atoms with E-state index in [-0.39, 0.29) is 28.1 Å². The van der Waals surface area contributed by atoms with Crippen LogP contribution in [-0.4, -0.2) is 26.1 Å². The van der Waals surface area contributed by atoms with Gasteiger partial charge < -0.3 is 15.0 Å². The molecule has 186 valence electrons. The Kier molecular flexibility index (Phi) is 6.90. The number of aliphatic carboxylic acids is 1. The highest BCUT2D eigenvalue weighted by atomic mass is 32.2. The number of hydrogen-bond acceptors (Lipinski definition) is 4. The number of imidazole rings is 1. The fourth-order valence-corrected chi connectivity index (χ4v) is 5.75. The van der Waals surface area contributed by atoms with Crippen molar-refractivity contribution in [3.63, 3.8) is 0 Å². The normalized spacial score (nSPS) is 20.4. The summed E-state index contributed by atoms with van der Waals surface area (Å²) in [4.78, 5) is 15.8. The predicted octanol–water partition coefficient (Wildman–Crippen LogP) is 7.88. The molecule has 35 heavy (non-hydrogen) atoms. The monoisotopic (exact) mass is 503 g/mol. The smallest absolute Gasteiger partial charge is 0.446 e. The number of fused-ring (bicyclic) bond motifs is 1. The molecule has 0 bridgehead atoms. The highest BCUT2D eigenvalue weighted by Crippen LogP contribution is 2.46. The minimum atomic E-state index is -4.33. The maximum absolute atomic E-state index is 12.7. The first-order valence-electron chi connectivity index (χ1n) is 11.4. The van der Waals surface area contributed by atoms with Gasteiger partial charge in [-0.25, -0.2) is 9.78 Å². The van der Waals surface area contributed by atoms with E-state index in [0.717, 1.165) is 41.9 Å². The summed E-state index contributed by atoms with van der Waals surface area (Å²) in [5.41, 5.74) is -1.15. The van der Waals surface area contributed by atoms with Gasteiger partial charge in [-0.05, 0) is 90.4 Å². The van der Waals surface area contributed by atoms with Crippen molar-refractivity contribution < 1.29 is 23.1 Å². The molecule has 0 saturated heterocycles. The fourth-order valence-electron chi connectivity index (χ4n) is 5.21. The van der Waals surface area contributed by atoms with Crippen molar-refractivity contribution in [1.82, 2.24) is 9.55 Å². The van der Waals surface area contributed by atoms with Crippen LogP contribution < -0.4 is 5.32 Å². The number of anilines is 2. The number of hydrogen-bond donors (Lipinski definition) is 2. The molecule has 1 aliphatic rings. The molecule has 0 amide bonds. The Morgan fingerprint density at radius 3 is 2.54 bits per heavy atom. The van der Waals surface area contributed by atoms with Crippen molar-refractivity contribution >= 4 is 46.5 Å². The average molecular weight is 504 g/mol. The van der Waals surface area contributed by atoms with Gasteiger partial charge in [-0.2, -0.15) is 13.2 Å². The molecule has 1 fully saturated rings. The summed E-state index contributed by atoms with van der Waals surface area (Å²) in [6.07, 6.45) is 5.71. The number of nitrogens with zero attached hydrogens (tertiary/aromatic N) is 2. The molecule has 5 nitrogen and oxygen atoms in total. The summed E-state index contributed by atoms with van der Waals surface area (Å²) in [7, 11) is 0. The largest absolute Gasteiger partial charge is 0.478 e. The van der Waals surface area contributed by atoms with Gasteiger partial charge in [0.25, 0.3) is 0 Å². The molecule has 0 spiro atoms. The Labute approximate surface area is 206 Å². The van der Waals surface area contributed by atoms with Crippen molar-refractivity contribution in [2.45, 2.75) is 56.5 Å². The van der Waals surface area contributed by atoms with Crippen molar-refractivity contribution in [3.05, 3.63) is 54.1 Å². The van der Waals surface area contributed by atoms with Gasteiger partial charge in [-0.15, -0.1) is 0 Å². The van der Waals surface area contributed by atoms with Crippen LogP contribution in [0.4, 0.5) is 24.8 Å². The van der Waals surface area contributed by atoms with E-state index >= 15 is 0 Å². The third kappa shape index (κ3) is 6.39. The lowest BCUT2D eigenvalue weighted by atomic mass is 9.70. The molecule has 1 aromatic heterocycles. The van der Waals surface area contributed by atoms with Crippen LogP contribution in [0.1, 0.15) is 51.6 Å². The number of carboxylic acid groups (broad SMARTS) is 1.